The van der Waals surface area contributed by atoms with Gasteiger partial charge in [0.1, 0.15) is 11.9 Å². The summed E-state index contributed by atoms with van der Waals surface area (Å²) in [5.74, 6) is -0.827. The molecule has 2 atom stereocenters. The lowest BCUT2D eigenvalue weighted by molar-refractivity contribution is -0.122. The molecule has 1 aliphatic rings. The highest BCUT2D eigenvalue weighted by Gasteiger charge is 2.30. The molecule has 1 amide bonds. The van der Waals surface area contributed by atoms with Crippen LogP contribution in [0.4, 0.5) is 4.39 Å². The maximum atomic E-state index is 13.6. The molecule has 1 saturated heterocycles. The number of benzene rings is 1. The number of carbonyl (C=O) groups excluding carboxylic acids is 1. The van der Waals surface area contributed by atoms with E-state index in [1.165, 1.54) is 29.7 Å². The fourth-order valence-corrected chi connectivity index (χ4v) is 3.64. The molecule has 0 saturated carbocycles. The number of hydrogen-bond donors (Lipinski definition) is 3. The fraction of sp³-hybridized carbons (Fsp3) is 0.200. The van der Waals surface area contributed by atoms with Gasteiger partial charge in [-0.25, -0.2) is 20.7 Å². The molecule has 2 aromatic rings. The Labute approximate surface area is 151 Å². The monoisotopic (exact) mass is 386 g/mol. The van der Waals surface area contributed by atoms with Crippen LogP contribution in [0.15, 0.2) is 35.4 Å². The Morgan fingerprint density at radius 3 is 2.88 bits per heavy atom. The van der Waals surface area contributed by atoms with Crippen molar-refractivity contribution >= 4 is 46.7 Å². The number of nitrogens with zero attached hydrogens (tertiary/aromatic N) is 1. The fourth-order valence-electron chi connectivity index (χ4n) is 2.30. The molecule has 1 fully saturated rings. The zero-order valence-electron chi connectivity index (χ0n) is 12.2. The largest absolute Gasteiger partial charge is 0.271 e. The first-order valence-electron chi connectivity index (χ1n) is 7.08. The van der Waals surface area contributed by atoms with Crippen molar-refractivity contribution in [3.8, 4) is 0 Å². The van der Waals surface area contributed by atoms with E-state index >= 15 is 0 Å². The predicted molar refractivity (Wildman–Crippen MR) is 93.9 cm³/mol. The van der Waals surface area contributed by atoms with Gasteiger partial charge in [0.2, 0.25) is 0 Å². The molecule has 3 rings (SSSR count). The Balaban J connectivity index is 1.57. The van der Waals surface area contributed by atoms with E-state index in [0.717, 1.165) is 4.88 Å². The van der Waals surface area contributed by atoms with Crippen LogP contribution in [0.1, 0.15) is 22.9 Å². The number of thiophene rings is 1. The minimum Gasteiger partial charge on any atom is -0.271 e. The van der Waals surface area contributed by atoms with Gasteiger partial charge in [0.15, 0.2) is 0 Å². The molecule has 0 aliphatic carbocycles. The Hall–Kier alpha value is -1.51. The third-order valence-corrected chi connectivity index (χ3v) is 5.20. The predicted octanol–water partition coefficient (Wildman–Crippen LogP) is 3.25. The summed E-state index contributed by atoms with van der Waals surface area (Å²) in [5.41, 5.74) is 8.48. The number of amides is 1. The molecule has 126 valence electrons. The number of hydrogen-bond acceptors (Lipinski definition) is 5. The van der Waals surface area contributed by atoms with Crippen molar-refractivity contribution in [1.82, 2.24) is 16.3 Å². The van der Waals surface area contributed by atoms with E-state index in [-0.39, 0.29) is 22.5 Å². The van der Waals surface area contributed by atoms with Crippen LogP contribution in [0.5, 0.6) is 0 Å². The summed E-state index contributed by atoms with van der Waals surface area (Å²) >= 11 is 13.3. The number of halogens is 3. The van der Waals surface area contributed by atoms with E-state index in [4.69, 9.17) is 23.2 Å². The Morgan fingerprint density at radius 1 is 1.33 bits per heavy atom. The SMILES string of the molecule is O=C(N/N=C/c1c(F)cccc1Cl)C1CC(c2ccc(Cl)s2)NN1. The average Bonchev–Trinajstić information content (AvgIpc) is 3.19. The van der Waals surface area contributed by atoms with Crippen molar-refractivity contribution in [2.75, 3.05) is 0 Å². The number of nitrogens with one attached hydrogen (secondary N) is 3. The van der Waals surface area contributed by atoms with Crippen LogP contribution in [-0.2, 0) is 4.79 Å². The number of carbonyl (C=O) groups is 1. The van der Waals surface area contributed by atoms with Crippen molar-refractivity contribution < 1.29 is 9.18 Å². The van der Waals surface area contributed by atoms with Crippen LogP contribution < -0.4 is 16.3 Å². The molecule has 1 aromatic carbocycles. The minimum absolute atomic E-state index is 0.00300. The van der Waals surface area contributed by atoms with Gasteiger partial charge in [0.25, 0.3) is 5.91 Å². The molecular weight excluding hydrogens is 374 g/mol. The molecule has 2 unspecified atom stereocenters. The maximum Gasteiger partial charge on any atom is 0.258 e. The van der Waals surface area contributed by atoms with Gasteiger partial charge in [-0.3, -0.25) is 4.79 Å². The first-order chi connectivity index (χ1) is 11.5. The molecule has 0 bridgehead atoms. The zero-order valence-corrected chi connectivity index (χ0v) is 14.6. The van der Waals surface area contributed by atoms with Crippen LogP contribution in [-0.4, -0.2) is 18.2 Å². The Morgan fingerprint density at radius 2 is 2.17 bits per heavy atom. The first-order valence-corrected chi connectivity index (χ1v) is 8.65. The summed E-state index contributed by atoms with van der Waals surface area (Å²) in [4.78, 5) is 13.2. The van der Waals surface area contributed by atoms with E-state index in [0.29, 0.717) is 10.8 Å². The van der Waals surface area contributed by atoms with Gasteiger partial charge < -0.3 is 0 Å². The van der Waals surface area contributed by atoms with Gasteiger partial charge in [0, 0.05) is 10.4 Å². The van der Waals surface area contributed by atoms with Crippen molar-refractivity contribution in [3.63, 3.8) is 0 Å². The van der Waals surface area contributed by atoms with Gasteiger partial charge >= 0.3 is 0 Å². The second-order valence-electron chi connectivity index (χ2n) is 5.14. The molecule has 9 heteroatoms. The van der Waals surface area contributed by atoms with Crippen LogP contribution in [0.2, 0.25) is 9.36 Å². The molecule has 0 radical (unpaired) electrons. The quantitative estimate of drug-likeness (QED) is 0.558. The van der Waals surface area contributed by atoms with Crippen LogP contribution in [0, 0.1) is 5.82 Å². The zero-order chi connectivity index (χ0) is 17.1. The van der Waals surface area contributed by atoms with Crippen LogP contribution in [0.3, 0.4) is 0 Å². The third-order valence-electron chi connectivity index (χ3n) is 3.53. The van der Waals surface area contributed by atoms with Crippen molar-refractivity contribution in [2.24, 2.45) is 5.10 Å². The molecule has 1 aliphatic heterocycles. The first kappa shape index (κ1) is 17.3. The molecule has 0 spiro atoms. The van der Waals surface area contributed by atoms with Crippen molar-refractivity contribution in [3.05, 3.63) is 55.9 Å². The Bertz CT molecular complexity index is 762. The highest BCUT2D eigenvalue weighted by molar-refractivity contribution is 7.16. The highest BCUT2D eigenvalue weighted by atomic mass is 35.5. The topological polar surface area (TPSA) is 65.5 Å². The summed E-state index contributed by atoms with van der Waals surface area (Å²) < 4.78 is 14.3. The molecule has 1 aromatic heterocycles. The van der Waals surface area contributed by atoms with Gasteiger partial charge in [-0.2, -0.15) is 5.10 Å². The lowest BCUT2D eigenvalue weighted by Gasteiger charge is -2.07. The summed E-state index contributed by atoms with van der Waals surface area (Å²) in [7, 11) is 0. The van der Waals surface area contributed by atoms with Crippen molar-refractivity contribution in [2.45, 2.75) is 18.5 Å². The van der Waals surface area contributed by atoms with Crippen LogP contribution in [0.25, 0.3) is 0 Å². The minimum atomic E-state index is -0.504. The Kier molecular flexibility index (Phi) is 5.47. The lowest BCUT2D eigenvalue weighted by Crippen LogP contribution is -2.41. The highest BCUT2D eigenvalue weighted by Crippen LogP contribution is 2.31. The molecule has 3 N–H and O–H groups in total. The molecule has 5 nitrogen and oxygen atoms in total. The third kappa shape index (κ3) is 3.93. The second-order valence-corrected chi connectivity index (χ2v) is 7.29. The van der Waals surface area contributed by atoms with E-state index in [1.54, 1.807) is 6.07 Å². The summed E-state index contributed by atoms with van der Waals surface area (Å²) in [5, 5.41) is 4.00. The normalized spacial score (nSPS) is 20.6. The number of rotatable bonds is 4. The van der Waals surface area contributed by atoms with Gasteiger partial charge in [0.05, 0.1) is 21.6 Å². The summed E-state index contributed by atoms with van der Waals surface area (Å²) in [6.45, 7) is 0. The number of hydrazone groups is 1. The molecule has 24 heavy (non-hydrogen) atoms. The number of hydrazine groups is 1. The van der Waals surface area contributed by atoms with Gasteiger partial charge in [-0.05, 0) is 30.7 Å². The summed E-state index contributed by atoms with van der Waals surface area (Å²) in [6, 6.07) is 7.61. The van der Waals surface area contributed by atoms with E-state index in [9.17, 15) is 9.18 Å². The standard InChI is InChI=1S/C15H13Cl2FN4OS/c16-9-2-1-3-10(18)8(9)7-19-22-15(23)12-6-11(20-21-12)13-4-5-14(17)24-13/h1-5,7,11-12,20-21H,6H2,(H,22,23)/b19-7+. The molecular formula is C15H13Cl2FN4OS. The molecule has 2 heterocycles. The lowest BCUT2D eigenvalue weighted by atomic mass is 10.1. The van der Waals surface area contributed by atoms with Crippen LogP contribution >= 0.6 is 34.5 Å². The van der Waals surface area contributed by atoms with Gasteiger partial charge in [-0.1, -0.05) is 29.3 Å². The summed E-state index contributed by atoms with van der Waals surface area (Å²) in [6.07, 6.45) is 1.74. The van der Waals surface area contributed by atoms with E-state index in [2.05, 4.69) is 21.4 Å². The van der Waals surface area contributed by atoms with Crippen molar-refractivity contribution in [1.29, 1.82) is 0 Å². The second kappa shape index (κ2) is 7.58. The maximum absolute atomic E-state index is 13.6. The smallest absolute Gasteiger partial charge is 0.258 e. The average molecular weight is 387 g/mol. The van der Waals surface area contributed by atoms with E-state index < -0.39 is 11.9 Å². The van der Waals surface area contributed by atoms with Gasteiger partial charge in [-0.15, -0.1) is 11.3 Å². The van der Waals surface area contributed by atoms with E-state index in [1.807, 2.05) is 12.1 Å².